The Morgan fingerprint density at radius 1 is 1.41 bits per heavy atom. The number of carbonyl (C=O) groups is 1. The van der Waals surface area contributed by atoms with Crippen LogP contribution in [0, 0.1) is 0 Å². The van der Waals surface area contributed by atoms with Gasteiger partial charge in [0.2, 0.25) is 0 Å². The second-order valence-electron chi connectivity index (χ2n) is 3.58. The predicted molar refractivity (Wildman–Crippen MR) is 61.9 cm³/mol. The van der Waals surface area contributed by atoms with Gasteiger partial charge < -0.3 is 9.84 Å². The number of methoxy groups -OCH3 is 1. The Morgan fingerprint density at radius 3 is 2.71 bits per heavy atom. The maximum atomic E-state index is 10.5. The number of nitrogens with zero attached hydrogens (tertiary/aromatic N) is 1. The highest BCUT2D eigenvalue weighted by Gasteiger charge is 2.06. The van der Waals surface area contributed by atoms with Crippen molar-refractivity contribution in [2.75, 3.05) is 7.11 Å². The van der Waals surface area contributed by atoms with Crippen LogP contribution < -0.4 is 4.74 Å². The minimum absolute atomic E-state index is 0.0524. The van der Waals surface area contributed by atoms with E-state index in [4.69, 9.17) is 9.84 Å². The molecule has 0 fully saturated rings. The molecule has 0 aliphatic carbocycles. The standard InChI is InChI=1S/C12H12N2O3/c1-17-10-4-2-8(3-5-10)11-6-9(13-14-11)7-12(15)16/h2-6H,7H2,1H3,(H,13,14)(H,15,16). The highest BCUT2D eigenvalue weighted by atomic mass is 16.5. The van der Waals surface area contributed by atoms with Crippen LogP contribution in [-0.4, -0.2) is 28.4 Å². The van der Waals surface area contributed by atoms with Crippen molar-refractivity contribution in [2.24, 2.45) is 0 Å². The smallest absolute Gasteiger partial charge is 0.309 e. The lowest BCUT2D eigenvalue weighted by molar-refractivity contribution is -0.136. The predicted octanol–water partition coefficient (Wildman–Crippen LogP) is 1.71. The fourth-order valence-electron chi connectivity index (χ4n) is 1.52. The van der Waals surface area contributed by atoms with Crippen LogP contribution >= 0.6 is 0 Å². The van der Waals surface area contributed by atoms with Crippen LogP contribution in [0.5, 0.6) is 5.75 Å². The quantitative estimate of drug-likeness (QED) is 0.841. The normalized spacial score (nSPS) is 10.2. The molecule has 0 aliphatic rings. The second kappa shape index (κ2) is 4.69. The molecule has 0 saturated carbocycles. The molecule has 0 atom stereocenters. The van der Waals surface area contributed by atoms with E-state index >= 15 is 0 Å². The van der Waals surface area contributed by atoms with Gasteiger partial charge in [-0.15, -0.1) is 0 Å². The molecule has 2 N–H and O–H groups in total. The molecule has 1 aromatic carbocycles. The van der Waals surface area contributed by atoms with E-state index < -0.39 is 5.97 Å². The zero-order valence-electron chi connectivity index (χ0n) is 9.30. The number of H-pyrrole nitrogens is 1. The maximum absolute atomic E-state index is 10.5. The lowest BCUT2D eigenvalue weighted by Crippen LogP contribution is -1.99. The number of carboxylic acid groups (broad SMARTS) is 1. The fourth-order valence-corrected chi connectivity index (χ4v) is 1.52. The first-order chi connectivity index (χ1) is 8.19. The summed E-state index contributed by atoms with van der Waals surface area (Å²) < 4.78 is 5.06. The summed E-state index contributed by atoms with van der Waals surface area (Å²) >= 11 is 0. The summed E-state index contributed by atoms with van der Waals surface area (Å²) in [7, 11) is 1.61. The summed E-state index contributed by atoms with van der Waals surface area (Å²) in [5.74, 6) is -0.107. The van der Waals surface area contributed by atoms with Crippen molar-refractivity contribution in [3.63, 3.8) is 0 Å². The average molecular weight is 232 g/mol. The van der Waals surface area contributed by atoms with Crippen molar-refractivity contribution < 1.29 is 14.6 Å². The number of rotatable bonds is 4. The van der Waals surface area contributed by atoms with E-state index in [1.165, 1.54) is 0 Å². The van der Waals surface area contributed by atoms with Gasteiger partial charge in [0.15, 0.2) is 0 Å². The number of hydrogen-bond acceptors (Lipinski definition) is 3. The largest absolute Gasteiger partial charge is 0.497 e. The molecule has 0 aliphatic heterocycles. The first-order valence-electron chi connectivity index (χ1n) is 5.09. The van der Waals surface area contributed by atoms with Gasteiger partial charge in [0.1, 0.15) is 5.75 Å². The first kappa shape index (κ1) is 11.2. The molecule has 0 bridgehead atoms. The van der Waals surface area contributed by atoms with Crippen molar-refractivity contribution in [2.45, 2.75) is 6.42 Å². The molecule has 0 spiro atoms. The maximum Gasteiger partial charge on any atom is 0.309 e. The third-order valence-electron chi connectivity index (χ3n) is 2.36. The molecule has 0 saturated heterocycles. The monoisotopic (exact) mass is 232 g/mol. The summed E-state index contributed by atoms with van der Waals surface area (Å²) in [5, 5.41) is 15.4. The lowest BCUT2D eigenvalue weighted by Gasteiger charge is -1.99. The van der Waals surface area contributed by atoms with Crippen molar-refractivity contribution in [1.82, 2.24) is 10.2 Å². The summed E-state index contributed by atoms with van der Waals surface area (Å²) in [5.41, 5.74) is 2.23. The molecule has 0 radical (unpaired) electrons. The molecule has 1 heterocycles. The highest BCUT2D eigenvalue weighted by molar-refractivity contribution is 5.70. The molecular formula is C12H12N2O3. The van der Waals surface area contributed by atoms with Crippen LogP contribution in [0.4, 0.5) is 0 Å². The topological polar surface area (TPSA) is 75.2 Å². The zero-order valence-corrected chi connectivity index (χ0v) is 9.30. The van der Waals surface area contributed by atoms with Gasteiger partial charge in [-0.3, -0.25) is 9.89 Å². The lowest BCUT2D eigenvalue weighted by atomic mass is 10.1. The van der Waals surface area contributed by atoms with Gasteiger partial charge in [-0.05, 0) is 30.3 Å². The SMILES string of the molecule is COc1ccc(-c2cc(CC(=O)O)[nH]n2)cc1. The van der Waals surface area contributed by atoms with E-state index in [9.17, 15) is 4.79 Å². The van der Waals surface area contributed by atoms with Gasteiger partial charge in [-0.25, -0.2) is 0 Å². The Kier molecular flexibility index (Phi) is 3.09. The number of aromatic amines is 1. The van der Waals surface area contributed by atoms with Gasteiger partial charge in [0.05, 0.1) is 19.2 Å². The van der Waals surface area contributed by atoms with E-state index in [2.05, 4.69) is 10.2 Å². The van der Waals surface area contributed by atoms with Gasteiger partial charge in [0.25, 0.3) is 0 Å². The van der Waals surface area contributed by atoms with Crippen molar-refractivity contribution in [3.8, 4) is 17.0 Å². The van der Waals surface area contributed by atoms with Crippen LogP contribution in [0.3, 0.4) is 0 Å². The van der Waals surface area contributed by atoms with Gasteiger partial charge in [0, 0.05) is 11.3 Å². The average Bonchev–Trinajstić information content (AvgIpc) is 2.77. The Labute approximate surface area is 98.0 Å². The number of aliphatic carboxylic acids is 1. The fraction of sp³-hybridized carbons (Fsp3) is 0.167. The minimum atomic E-state index is -0.880. The van der Waals surface area contributed by atoms with Crippen LogP contribution in [0.1, 0.15) is 5.69 Å². The zero-order chi connectivity index (χ0) is 12.3. The van der Waals surface area contributed by atoms with Gasteiger partial charge in [-0.1, -0.05) is 0 Å². The van der Waals surface area contributed by atoms with E-state index in [0.717, 1.165) is 17.0 Å². The minimum Gasteiger partial charge on any atom is -0.497 e. The van der Waals surface area contributed by atoms with Crippen LogP contribution in [-0.2, 0) is 11.2 Å². The third kappa shape index (κ3) is 2.63. The van der Waals surface area contributed by atoms with Crippen LogP contribution in [0.2, 0.25) is 0 Å². The Balaban J connectivity index is 2.21. The summed E-state index contributed by atoms with van der Waals surface area (Å²) in [6.45, 7) is 0. The molecule has 2 aromatic rings. The van der Waals surface area contributed by atoms with E-state index in [-0.39, 0.29) is 6.42 Å². The molecule has 5 nitrogen and oxygen atoms in total. The Bertz CT molecular complexity index is 517. The molecule has 5 heteroatoms. The van der Waals surface area contributed by atoms with Crippen LogP contribution in [0.25, 0.3) is 11.3 Å². The molecule has 88 valence electrons. The Hall–Kier alpha value is -2.30. The van der Waals surface area contributed by atoms with Crippen molar-refractivity contribution in [3.05, 3.63) is 36.0 Å². The van der Waals surface area contributed by atoms with Crippen molar-refractivity contribution >= 4 is 5.97 Å². The molecular weight excluding hydrogens is 220 g/mol. The van der Waals surface area contributed by atoms with Gasteiger partial charge in [-0.2, -0.15) is 5.10 Å². The van der Waals surface area contributed by atoms with Crippen LogP contribution in [0.15, 0.2) is 30.3 Å². The molecule has 17 heavy (non-hydrogen) atoms. The van der Waals surface area contributed by atoms with E-state index in [1.807, 2.05) is 24.3 Å². The highest BCUT2D eigenvalue weighted by Crippen LogP contribution is 2.21. The third-order valence-corrected chi connectivity index (χ3v) is 2.36. The molecule has 0 amide bonds. The number of hydrogen-bond donors (Lipinski definition) is 2. The first-order valence-corrected chi connectivity index (χ1v) is 5.09. The number of benzene rings is 1. The number of nitrogens with one attached hydrogen (secondary N) is 1. The summed E-state index contributed by atoms with van der Waals surface area (Å²) in [4.78, 5) is 10.5. The number of aromatic nitrogens is 2. The molecule has 2 rings (SSSR count). The van der Waals surface area contributed by atoms with E-state index in [0.29, 0.717) is 5.69 Å². The summed E-state index contributed by atoms with van der Waals surface area (Å²) in [6, 6.07) is 9.15. The summed E-state index contributed by atoms with van der Waals surface area (Å²) in [6.07, 6.45) is -0.0524. The second-order valence-corrected chi connectivity index (χ2v) is 3.58. The Morgan fingerprint density at radius 2 is 2.12 bits per heavy atom. The van der Waals surface area contributed by atoms with Crippen molar-refractivity contribution in [1.29, 1.82) is 0 Å². The van der Waals surface area contributed by atoms with Gasteiger partial charge >= 0.3 is 5.97 Å². The molecule has 1 aromatic heterocycles. The number of carboxylic acids is 1. The van der Waals surface area contributed by atoms with E-state index in [1.54, 1.807) is 13.2 Å². The molecule has 0 unspecified atom stereocenters. The number of ether oxygens (including phenoxy) is 1.